The average molecular weight is 412 g/mol. The Bertz CT molecular complexity index is 868. The third kappa shape index (κ3) is 3.41. The lowest BCUT2D eigenvalue weighted by Gasteiger charge is -2.32. The van der Waals surface area contributed by atoms with Crippen molar-refractivity contribution in [3.8, 4) is 0 Å². The number of carbonyl (C=O) groups is 2. The first-order chi connectivity index (χ1) is 13.3. The second kappa shape index (κ2) is 7.11. The number of aliphatic hydroxyl groups is 1. The van der Waals surface area contributed by atoms with Crippen LogP contribution in [0.3, 0.4) is 0 Å². The first-order valence-electron chi connectivity index (χ1n) is 8.97. The van der Waals surface area contributed by atoms with Crippen LogP contribution in [-0.4, -0.2) is 54.6 Å². The molecular formula is C18H20O9S. The molecule has 10 heteroatoms. The van der Waals surface area contributed by atoms with E-state index in [4.69, 9.17) is 18.8 Å². The Kier molecular flexibility index (Phi) is 4.90. The third-order valence-electron chi connectivity index (χ3n) is 5.77. The van der Waals surface area contributed by atoms with Gasteiger partial charge >= 0.3 is 11.9 Å². The highest BCUT2D eigenvalue weighted by Gasteiger charge is 2.69. The summed E-state index contributed by atoms with van der Waals surface area (Å²) < 4.78 is 46.5. The van der Waals surface area contributed by atoms with E-state index in [1.165, 1.54) is 0 Å². The first kappa shape index (κ1) is 19.3. The molecule has 0 radical (unpaired) electrons. The van der Waals surface area contributed by atoms with Crippen LogP contribution < -0.4 is 0 Å². The fourth-order valence-corrected chi connectivity index (χ4v) is 4.98. The molecule has 0 spiro atoms. The predicted molar refractivity (Wildman–Crippen MR) is 92.1 cm³/mol. The number of hydrogen-bond acceptors (Lipinski definition) is 8. The quantitative estimate of drug-likeness (QED) is 0.368. The molecule has 152 valence electrons. The summed E-state index contributed by atoms with van der Waals surface area (Å²) in [6.07, 6.45) is -1.91. The summed E-state index contributed by atoms with van der Waals surface area (Å²) in [5, 5.41) is 10.4. The Labute approximate surface area is 161 Å². The Morgan fingerprint density at radius 1 is 1.25 bits per heavy atom. The molecule has 3 fully saturated rings. The van der Waals surface area contributed by atoms with E-state index < -0.39 is 64.8 Å². The maximum atomic E-state index is 12.5. The van der Waals surface area contributed by atoms with Crippen LogP contribution in [0.4, 0.5) is 0 Å². The Morgan fingerprint density at radius 3 is 2.64 bits per heavy atom. The molecule has 7 unspecified atom stereocenters. The van der Waals surface area contributed by atoms with Crippen LogP contribution in [0.5, 0.6) is 0 Å². The number of fused-ring (bicyclic) bond motifs is 1. The van der Waals surface area contributed by atoms with Crippen LogP contribution in [0.25, 0.3) is 0 Å². The van der Waals surface area contributed by atoms with Crippen molar-refractivity contribution in [2.24, 2.45) is 23.7 Å². The van der Waals surface area contributed by atoms with Gasteiger partial charge in [0.2, 0.25) is 0 Å². The normalized spacial score (nSPS) is 34.3. The lowest BCUT2D eigenvalue weighted by molar-refractivity contribution is -0.188. The molecule has 0 aromatic heterocycles. The second-order valence-corrected chi connectivity index (χ2v) is 8.91. The van der Waals surface area contributed by atoms with Crippen LogP contribution in [0.2, 0.25) is 0 Å². The van der Waals surface area contributed by atoms with E-state index in [2.05, 4.69) is 0 Å². The summed E-state index contributed by atoms with van der Waals surface area (Å²) >= 11 is 0. The van der Waals surface area contributed by atoms with Crippen molar-refractivity contribution in [3.63, 3.8) is 0 Å². The number of aliphatic hydroxyl groups excluding tert-OH is 1. The van der Waals surface area contributed by atoms with Crippen molar-refractivity contribution < 1.29 is 41.9 Å². The zero-order valence-corrected chi connectivity index (χ0v) is 15.5. The van der Waals surface area contributed by atoms with Gasteiger partial charge in [0, 0.05) is 17.4 Å². The van der Waals surface area contributed by atoms with E-state index in [1.807, 2.05) is 0 Å². The van der Waals surface area contributed by atoms with Gasteiger partial charge in [-0.1, -0.05) is 30.3 Å². The zero-order valence-electron chi connectivity index (χ0n) is 14.7. The number of benzene rings is 1. The van der Waals surface area contributed by atoms with E-state index in [0.29, 0.717) is 12.0 Å². The SMILES string of the molecule is O=C1OC2C3CC(C2OC(O)c2ccccc2)C(C(=O)OCCS(=O)(=O)O)C13. The highest BCUT2D eigenvalue weighted by molar-refractivity contribution is 7.85. The van der Waals surface area contributed by atoms with Crippen molar-refractivity contribution in [1.29, 1.82) is 0 Å². The third-order valence-corrected chi connectivity index (χ3v) is 6.46. The largest absolute Gasteiger partial charge is 0.464 e. The maximum Gasteiger partial charge on any atom is 0.310 e. The molecule has 3 aliphatic rings. The number of ether oxygens (including phenoxy) is 3. The van der Waals surface area contributed by atoms with Crippen LogP contribution >= 0.6 is 0 Å². The molecule has 2 aliphatic carbocycles. The van der Waals surface area contributed by atoms with Crippen LogP contribution in [0, 0.1) is 23.7 Å². The van der Waals surface area contributed by atoms with E-state index in [1.54, 1.807) is 30.3 Å². The van der Waals surface area contributed by atoms with Crippen LogP contribution in [0.15, 0.2) is 30.3 Å². The van der Waals surface area contributed by atoms with E-state index >= 15 is 0 Å². The average Bonchev–Trinajstić information content (AvgIpc) is 3.25. The van der Waals surface area contributed by atoms with Crippen molar-refractivity contribution >= 4 is 22.1 Å². The van der Waals surface area contributed by atoms with Crippen molar-refractivity contribution in [2.45, 2.75) is 24.9 Å². The Balaban J connectivity index is 1.48. The lowest BCUT2D eigenvalue weighted by atomic mass is 9.78. The summed E-state index contributed by atoms with van der Waals surface area (Å²) in [6, 6.07) is 8.70. The second-order valence-electron chi connectivity index (χ2n) is 7.33. The fourth-order valence-electron chi connectivity index (χ4n) is 4.68. The highest BCUT2D eigenvalue weighted by Crippen LogP contribution is 2.59. The predicted octanol–water partition coefficient (Wildman–Crippen LogP) is 0.301. The van der Waals surface area contributed by atoms with Gasteiger partial charge in [-0.15, -0.1) is 0 Å². The molecule has 1 aliphatic heterocycles. The van der Waals surface area contributed by atoms with Crippen molar-refractivity contribution in [2.75, 3.05) is 12.4 Å². The van der Waals surface area contributed by atoms with Gasteiger partial charge in [0.25, 0.3) is 10.1 Å². The molecule has 0 amide bonds. The van der Waals surface area contributed by atoms with E-state index in [9.17, 15) is 23.1 Å². The molecule has 2 N–H and O–H groups in total. The van der Waals surface area contributed by atoms with Crippen molar-refractivity contribution in [1.82, 2.24) is 0 Å². The maximum absolute atomic E-state index is 12.5. The molecule has 9 nitrogen and oxygen atoms in total. The van der Waals surface area contributed by atoms with Crippen LogP contribution in [-0.2, 0) is 33.9 Å². The lowest BCUT2D eigenvalue weighted by Crippen LogP contribution is -2.43. The first-order valence-corrected chi connectivity index (χ1v) is 10.6. The van der Waals surface area contributed by atoms with Gasteiger partial charge in [0.05, 0.1) is 11.8 Å². The number of rotatable bonds is 7. The zero-order chi connectivity index (χ0) is 20.1. The summed E-state index contributed by atoms with van der Waals surface area (Å²) in [7, 11) is -4.26. The molecule has 4 rings (SSSR count). The topological polar surface area (TPSA) is 136 Å². The Morgan fingerprint density at radius 2 is 1.96 bits per heavy atom. The van der Waals surface area contributed by atoms with Gasteiger partial charge < -0.3 is 19.3 Å². The standard InChI is InChI=1S/C18H20O9S/c19-16(9-4-2-1-3-5-9)26-14-10-8-11-13(18(21)27-15(11)14)12(10)17(20)25-6-7-28(22,23)24/h1-5,10-16,19H,6-8H2,(H,22,23,24). The molecule has 1 saturated heterocycles. The van der Waals surface area contributed by atoms with Crippen LogP contribution in [0.1, 0.15) is 18.3 Å². The van der Waals surface area contributed by atoms with Gasteiger partial charge in [-0.2, -0.15) is 8.42 Å². The van der Waals surface area contributed by atoms with Gasteiger partial charge in [-0.25, -0.2) is 0 Å². The summed E-state index contributed by atoms with van der Waals surface area (Å²) in [4.78, 5) is 24.8. The summed E-state index contributed by atoms with van der Waals surface area (Å²) in [5.74, 6) is -4.01. The molecular weight excluding hydrogens is 392 g/mol. The summed E-state index contributed by atoms with van der Waals surface area (Å²) in [5.41, 5.74) is 0.540. The molecule has 28 heavy (non-hydrogen) atoms. The molecule has 2 bridgehead atoms. The Hall–Kier alpha value is -2.01. The smallest absolute Gasteiger partial charge is 0.310 e. The number of carbonyl (C=O) groups excluding carboxylic acids is 2. The summed E-state index contributed by atoms with van der Waals surface area (Å²) in [6.45, 7) is -0.505. The fraction of sp³-hybridized carbons (Fsp3) is 0.556. The minimum atomic E-state index is -4.26. The molecule has 2 saturated carbocycles. The van der Waals surface area contributed by atoms with Gasteiger partial charge in [0.1, 0.15) is 24.6 Å². The molecule has 7 atom stereocenters. The van der Waals surface area contributed by atoms with Gasteiger partial charge in [-0.05, 0) is 6.42 Å². The van der Waals surface area contributed by atoms with Crippen molar-refractivity contribution in [3.05, 3.63) is 35.9 Å². The molecule has 1 aromatic carbocycles. The minimum Gasteiger partial charge on any atom is -0.464 e. The molecule has 1 heterocycles. The monoisotopic (exact) mass is 412 g/mol. The number of esters is 2. The molecule has 1 aromatic rings. The highest BCUT2D eigenvalue weighted by atomic mass is 32.2. The minimum absolute atomic E-state index is 0.204. The van der Waals surface area contributed by atoms with Gasteiger partial charge in [0.15, 0.2) is 6.29 Å². The van der Waals surface area contributed by atoms with Gasteiger partial charge in [-0.3, -0.25) is 14.1 Å². The number of hydrogen-bond donors (Lipinski definition) is 2. The van der Waals surface area contributed by atoms with E-state index in [0.717, 1.165) is 0 Å². The van der Waals surface area contributed by atoms with E-state index in [-0.39, 0.29) is 11.8 Å².